The average Bonchev–Trinajstić information content (AvgIpc) is 3.33. The van der Waals surface area contributed by atoms with Crippen LogP contribution in [0, 0.1) is 25.5 Å². The number of aromatic hydroxyl groups is 1. The summed E-state index contributed by atoms with van der Waals surface area (Å²) in [7, 11) is 0. The van der Waals surface area contributed by atoms with E-state index in [-0.39, 0.29) is 27.7 Å². The topological polar surface area (TPSA) is 90.7 Å². The van der Waals surface area contributed by atoms with E-state index in [1.54, 1.807) is 19.1 Å². The third kappa shape index (κ3) is 3.74. The molecule has 0 spiro atoms. The number of aliphatic hydroxyl groups is 1. The van der Waals surface area contributed by atoms with E-state index in [1.807, 2.05) is 13.0 Å². The summed E-state index contributed by atoms with van der Waals surface area (Å²) in [5.74, 6) is -4.36. The molecule has 5 rings (SSSR count). The summed E-state index contributed by atoms with van der Waals surface area (Å²) in [6.07, 6.45) is 0. The first-order valence-electron chi connectivity index (χ1n) is 10.6. The fourth-order valence-corrected chi connectivity index (χ4v) is 5.15. The smallest absolute Gasteiger partial charge is 0.301 e. The number of Topliss-reactive ketones (excluding diaryl/α,β-unsaturated/α-hetero) is 1. The van der Waals surface area contributed by atoms with Gasteiger partial charge in [0.05, 0.1) is 21.8 Å². The third-order valence-corrected chi connectivity index (χ3v) is 6.94. The number of thiazole rings is 1. The Morgan fingerprint density at radius 3 is 2.40 bits per heavy atom. The molecule has 2 heterocycles. The number of nitrogens with zero attached hydrogens (tertiary/aromatic N) is 2. The van der Waals surface area contributed by atoms with Crippen molar-refractivity contribution in [3.05, 3.63) is 94.1 Å². The molecule has 1 aliphatic heterocycles. The molecule has 4 aromatic rings. The number of phenolic OH excluding ortho intramolecular Hbond substituents is 1. The van der Waals surface area contributed by atoms with E-state index in [4.69, 9.17) is 0 Å². The summed E-state index contributed by atoms with van der Waals surface area (Å²) < 4.78 is 27.8. The van der Waals surface area contributed by atoms with Crippen LogP contribution in [0.25, 0.3) is 16.0 Å². The summed E-state index contributed by atoms with van der Waals surface area (Å²) in [6.45, 7) is 3.61. The van der Waals surface area contributed by atoms with Crippen LogP contribution in [0.4, 0.5) is 13.9 Å². The molecule has 1 saturated heterocycles. The Morgan fingerprint density at radius 1 is 1.00 bits per heavy atom. The lowest BCUT2D eigenvalue weighted by Crippen LogP contribution is -2.29. The van der Waals surface area contributed by atoms with Crippen LogP contribution in [0.3, 0.4) is 0 Å². The van der Waals surface area contributed by atoms with Crippen molar-refractivity contribution < 1.29 is 28.6 Å². The number of phenols is 1. The van der Waals surface area contributed by atoms with Crippen molar-refractivity contribution in [3.8, 4) is 5.75 Å². The van der Waals surface area contributed by atoms with E-state index in [9.17, 15) is 28.6 Å². The molecule has 35 heavy (non-hydrogen) atoms. The number of amides is 1. The number of rotatable bonds is 3. The first kappa shape index (κ1) is 22.7. The number of halogens is 2. The van der Waals surface area contributed by atoms with Crippen LogP contribution in [-0.4, -0.2) is 26.9 Å². The van der Waals surface area contributed by atoms with Crippen LogP contribution >= 0.6 is 11.3 Å². The largest absolute Gasteiger partial charge is 0.508 e. The number of fused-ring (bicyclic) bond motifs is 1. The van der Waals surface area contributed by atoms with Crippen LogP contribution in [0.15, 0.2) is 60.2 Å². The number of benzene rings is 3. The van der Waals surface area contributed by atoms with Crippen molar-refractivity contribution in [2.24, 2.45) is 0 Å². The highest BCUT2D eigenvalue weighted by Gasteiger charge is 2.48. The second kappa shape index (κ2) is 8.28. The van der Waals surface area contributed by atoms with Crippen molar-refractivity contribution in [2.45, 2.75) is 19.9 Å². The van der Waals surface area contributed by atoms with Gasteiger partial charge in [0.25, 0.3) is 5.78 Å². The van der Waals surface area contributed by atoms with Crippen molar-refractivity contribution >= 4 is 44.1 Å². The maximum atomic E-state index is 13.8. The highest BCUT2D eigenvalue weighted by atomic mass is 32.1. The zero-order valence-corrected chi connectivity index (χ0v) is 19.4. The molecule has 1 atom stereocenters. The molecule has 0 saturated carbocycles. The first-order chi connectivity index (χ1) is 16.7. The van der Waals surface area contributed by atoms with Gasteiger partial charge in [0.15, 0.2) is 16.8 Å². The molecule has 6 nitrogen and oxygen atoms in total. The molecule has 9 heteroatoms. The van der Waals surface area contributed by atoms with Gasteiger partial charge in [-0.1, -0.05) is 41.2 Å². The lowest BCUT2D eigenvalue weighted by Gasteiger charge is -2.23. The van der Waals surface area contributed by atoms with Crippen LogP contribution in [0.1, 0.15) is 28.3 Å². The minimum absolute atomic E-state index is 0.0221. The monoisotopic (exact) mass is 492 g/mol. The van der Waals surface area contributed by atoms with Crippen LogP contribution in [-0.2, 0) is 9.59 Å². The summed E-state index contributed by atoms with van der Waals surface area (Å²) in [6, 6.07) is 12.1. The molecule has 1 amide bonds. The molecule has 1 unspecified atom stereocenters. The molecular formula is C26H18F2N2O4S. The Hall–Kier alpha value is -4.11. The summed E-state index contributed by atoms with van der Waals surface area (Å²) in [5.41, 5.74) is 2.37. The maximum absolute atomic E-state index is 13.8. The Kier molecular flexibility index (Phi) is 5.36. The van der Waals surface area contributed by atoms with Crippen LogP contribution in [0.2, 0.25) is 0 Å². The summed E-state index contributed by atoms with van der Waals surface area (Å²) in [4.78, 5) is 31.9. The molecular weight excluding hydrogens is 474 g/mol. The molecule has 1 aromatic heterocycles. The van der Waals surface area contributed by atoms with Gasteiger partial charge in [0.2, 0.25) is 0 Å². The summed E-state index contributed by atoms with van der Waals surface area (Å²) in [5, 5.41) is 21.1. The highest BCUT2D eigenvalue weighted by molar-refractivity contribution is 7.22. The van der Waals surface area contributed by atoms with E-state index >= 15 is 0 Å². The molecule has 0 aliphatic carbocycles. The predicted molar refractivity (Wildman–Crippen MR) is 128 cm³/mol. The van der Waals surface area contributed by atoms with E-state index in [1.165, 1.54) is 24.3 Å². The molecule has 0 bridgehead atoms. The predicted octanol–water partition coefficient (Wildman–Crippen LogP) is 5.52. The Balaban J connectivity index is 1.76. The molecule has 3 aromatic carbocycles. The standard InChI is InChI=1S/C26H18F2N2O4S/c1-12-3-4-13(2)16(9-12)23(32)21-22(14-5-7-15(31)8-6-14)30(25(34)24(21)33)26-29-19-10-17(27)18(28)11-20(19)35-26/h3-11,22,31-32H,1-2H3/b23-21+. The number of hydrogen-bond donors (Lipinski definition) is 2. The fourth-order valence-electron chi connectivity index (χ4n) is 4.15. The third-order valence-electron chi connectivity index (χ3n) is 5.93. The quantitative estimate of drug-likeness (QED) is 0.223. The summed E-state index contributed by atoms with van der Waals surface area (Å²) >= 11 is 0.921. The lowest BCUT2D eigenvalue weighted by molar-refractivity contribution is -0.132. The zero-order chi connectivity index (χ0) is 25.0. The molecule has 1 aliphatic rings. The van der Waals surface area contributed by atoms with Gasteiger partial charge in [-0.3, -0.25) is 14.5 Å². The van der Waals surface area contributed by atoms with Gasteiger partial charge in [-0.25, -0.2) is 13.8 Å². The molecule has 1 fully saturated rings. The number of hydrogen-bond acceptors (Lipinski definition) is 6. The average molecular weight is 493 g/mol. The number of aliphatic hydroxyl groups excluding tert-OH is 1. The number of carbonyl (C=O) groups excluding carboxylic acids is 2. The number of carbonyl (C=O) groups is 2. The Labute approximate surface area is 202 Å². The van der Waals surface area contributed by atoms with Crippen molar-refractivity contribution in [1.82, 2.24) is 4.98 Å². The van der Waals surface area contributed by atoms with E-state index < -0.39 is 29.4 Å². The minimum atomic E-state index is -1.08. The molecule has 176 valence electrons. The second-order valence-electron chi connectivity index (χ2n) is 8.31. The zero-order valence-electron chi connectivity index (χ0n) is 18.5. The van der Waals surface area contributed by atoms with Gasteiger partial charge in [-0.05, 0) is 49.2 Å². The second-order valence-corrected chi connectivity index (χ2v) is 9.32. The first-order valence-corrected chi connectivity index (χ1v) is 11.4. The molecule has 0 radical (unpaired) electrons. The lowest BCUT2D eigenvalue weighted by atomic mass is 9.93. The van der Waals surface area contributed by atoms with E-state index in [2.05, 4.69) is 4.98 Å². The van der Waals surface area contributed by atoms with Gasteiger partial charge in [-0.15, -0.1) is 0 Å². The normalized spacial score (nSPS) is 17.5. The number of aryl methyl sites for hydroxylation is 2. The van der Waals surface area contributed by atoms with Gasteiger partial charge < -0.3 is 10.2 Å². The van der Waals surface area contributed by atoms with E-state index in [0.29, 0.717) is 21.4 Å². The molecule has 2 N–H and O–H groups in total. The fraction of sp³-hybridized carbons (Fsp3) is 0.115. The van der Waals surface area contributed by atoms with Gasteiger partial charge in [0.1, 0.15) is 11.5 Å². The Morgan fingerprint density at radius 2 is 1.69 bits per heavy atom. The van der Waals surface area contributed by atoms with Gasteiger partial charge >= 0.3 is 5.91 Å². The van der Waals surface area contributed by atoms with Crippen LogP contribution in [0.5, 0.6) is 5.75 Å². The minimum Gasteiger partial charge on any atom is -0.508 e. The number of aromatic nitrogens is 1. The van der Waals surface area contributed by atoms with E-state index in [0.717, 1.165) is 33.9 Å². The highest BCUT2D eigenvalue weighted by Crippen LogP contribution is 2.45. The van der Waals surface area contributed by atoms with Crippen molar-refractivity contribution in [3.63, 3.8) is 0 Å². The SMILES string of the molecule is Cc1ccc(C)c(/C(O)=C2\C(=O)C(=O)N(c3nc4cc(F)c(F)cc4s3)C2c2ccc(O)cc2)c1. The van der Waals surface area contributed by atoms with Crippen molar-refractivity contribution in [1.29, 1.82) is 0 Å². The Bertz CT molecular complexity index is 1520. The van der Waals surface area contributed by atoms with Crippen LogP contribution < -0.4 is 4.90 Å². The number of anilines is 1. The number of ketones is 1. The van der Waals surface area contributed by atoms with Gasteiger partial charge in [-0.2, -0.15) is 0 Å². The maximum Gasteiger partial charge on any atom is 0.301 e. The van der Waals surface area contributed by atoms with Crippen molar-refractivity contribution in [2.75, 3.05) is 4.90 Å². The van der Waals surface area contributed by atoms with Gasteiger partial charge in [0, 0.05) is 11.6 Å².